The second-order valence-corrected chi connectivity index (χ2v) is 10.5. The van der Waals surface area contributed by atoms with Crippen LogP contribution in [0.4, 0.5) is 4.39 Å². The monoisotopic (exact) mass is 532 g/mol. The van der Waals surface area contributed by atoms with Crippen LogP contribution < -0.4 is 4.74 Å². The van der Waals surface area contributed by atoms with Crippen LogP contribution in [-0.2, 0) is 18.3 Å². The molecule has 0 saturated heterocycles. The van der Waals surface area contributed by atoms with E-state index in [-0.39, 0.29) is 5.82 Å². The van der Waals surface area contributed by atoms with E-state index in [1.54, 1.807) is 12.1 Å². The van der Waals surface area contributed by atoms with Crippen molar-refractivity contribution in [3.8, 4) is 22.6 Å². The maximum atomic E-state index is 14.1. The van der Waals surface area contributed by atoms with E-state index in [9.17, 15) is 4.39 Å². The second kappa shape index (κ2) is 8.18. The van der Waals surface area contributed by atoms with Crippen LogP contribution in [0.25, 0.3) is 11.1 Å². The lowest BCUT2D eigenvalue weighted by molar-refractivity contribution is 0.480. The van der Waals surface area contributed by atoms with Crippen molar-refractivity contribution in [3.63, 3.8) is 0 Å². The largest absolute Gasteiger partial charge is 0.457 e. The molecule has 7 rings (SSSR count). The van der Waals surface area contributed by atoms with Gasteiger partial charge in [0.25, 0.3) is 0 Å². The molecule has 1 nitrogen and oxygen atoms in total. The summed E-state index contributed by atoms with van der Waals surface area (Å²) in [5.74, 6) is 1.43. The van der Waals surface area contributed by atoms with Gasteiger partial charge in [0.15, 0.2) is 0 Å². The highest BCUT2D eigenvalue weighted by Gasteiger charge is 2.46. The lowest BCUT2D eigenvalue weighted by atomic mass is 9.68. The molecule has 0 aliphatic heterocycles. The van der Waals surface area contributed by atoms with E-state index in [1.165, 1.54) is 33.4 Å². The molecule has 3 heteroatoms. The fraction of sp³-hybridized carbons (Fsp3) is 0.0909. The number of fused-ring (bicyclic) bond motifs is 4. The smallest absolute Gasteiger partial charge is 0.127 e. The van der Waals surface area contributed by atoms with Crippen molar-refractivity contribution >= 4 is 15.9 Å². The third-order valence-electron chi connectivity index (χ3n) is 7.65. The zero-order valence-electron chi connectivity index (χ0n) is 19.5. The quantitative estimate of drug-likeness (QED) is 0.220. The van der Waals surface area contributed by atoms with E-state index in [0.717, 1.165) is 39.9 Å². The Labute approximate surface area is 218 Å². The summed E-state index contributed by atoms with van der Waals surface area (Å²) in [6, 6.07) is 36.6. The molecular weight excluding hydrogens is 511 g/mol. The lowest BCUT2D eigenvalue weighted by Gasteiger charge is -2.34. The molecule has 0 N–H and O–H groups in total. The van der Waals surface area contributed by atoms with Crippen LogP contribution >= 0.6 is 15.9 Å². The molecule has 0 radical (unpaired) electrons. The van der Waals surface area contributed by atoms with Gasteiger partial charge in [0.2, 0.25) is 0 Å². The molecule has 1 unspecified atom stereocenters. The number of hydrogen-bond donors (Lipinski definition) is 0. The fourth-order valence-electron chi connectivity index (χ4n) is 5.88. The third kappa shape index (κ3) is 3.19. The first-order valence-electron chi connectivity index (χ1n) is 12.2. The number of halogens is 2. The zero-order chi connectivity index (χ0) is 24.3. The summed E-state index contributed by atoms with van der Waals surface area (Å²) < 4.78 is 21.3. The van der Waals surface area contributed by atoms with Gasteiger partial charge < -0.3 is 4.74 Å². The third-order valence-corrected chi connectivity index (χ3v) is 8.14. The number of benzene rings is 5. The van der Waals surface area contributed by atoms with E-state index in [2.05, 4.69) is 82.7 Å². The van der Waals surface area contributed by atoms with Crippen LogP contribution in [0.1, 0.15) is 33.4 Å². The summed E-state index contributed by atoms with van der Waals surface area (Å²) in [7, 11) is 0. The van der Waals surface area contributed by atoms with Crippen molar-refractivity contribution < 1.29 is 9.13 Å². The molecular formula is C33H22BrFO. The molecule has 0 saturated carbocycles. The summed E-state index contributed by atoms with van der Waals surface area (Å²) in [5.41, 5.74) is 9.14. The van der Waals surface area contributed by atoms with Crippen molar-refractivity contribution in [2.24, 2.45) is 0 Å². The molecule has 1 atom stereocenters. The number of rotatable bonds is 4. The van der Waals surface area contributed by atoms with Crippen LogP contribution in [0, 0.1) is 5.82 Å². The SMILES string of the molecule is Fc1ccc(C2(c3ccc(Oc4ccc5c(c4)CC5)cc3)c3ccccc3-c3ccc(Br)cc32)cc1. The topological polar surface area (TPSA) is 9.23 Å². The predicted molar refractivity (Wildman–Crippen MR) is 145 cm³/mol. The Morgan fingerprint density at radius 3 is 2.00 bits per heavy atom. The second-order valence-electron chi connectivity index (χ2n) is 9.55. The first-order chi connectivity index (χ1) is 17.6. The molecule has 2 aliphatic carbocycles. The van der Waals surface area contributed by atoms with E-state index < -0.39 is 5.41 Å². The van der Waals surface area contributed by atoms with Crippen LogP contribution in [-0.4, -0.2) is 0 Å². The standard InChI is InChI=1S/C33H22BrFO/c34-25-12-18-30-29-3-1-2-4-31(29)33(32(30)20-25,23-8-13-26(35)14-9-23)24-10-16-27(17-11-24)36-28-15-7-21-5-6-22(21)19-28/h1-4,7-20H,5-6H2. The summed E-state index contributed by atoms with van der Waals surface area (Å²) in [6.07, 6.45) is 2.29. The summed E-state index contributed by atoms with van der Waals surface area (Å²) in [4.78, 5) is 0. The van der Waals surface area contributed by atoms with Gasteiger partial charge in [0.05, 0.1) is 5.41 Å². The molecule has 2 aliphatic rings. The van der Waals surface area contributed by atoms with Gasteiger partial charge in [-0.25, -0.2) is 4.39 Å². The summed E-state index contributed by atoms with van der Waals surface area (Å²) in [5, 5.41) is 0. The van der Waals surface area contributed by atoms with Crippen LogP contribution in [0.5, 0.6) is 11.5 Å². The van der Waals surface area contributed by atoms with E-state index in [1.807, 2.05) is 30.3 Å². The maximum Gasteiger partial charge on any atom is 0.127 e. The van der Waals surface area contributed by atoms with Crippen LogP contribution in [0.15, 0.2) is 114 Å². The number of aryl methyl sites for hydroxylation is 2. The maximum absolute atomic E-state index is 14.1. The van der Waals surface area contributed by atoms with E-state index in [4.69, 9.17) is 4.74 Å². The Hall–Kier alpha value is -3.69. The number of ether oxygens (including phenoxy) is 1. The average Bonchev–Trinajstić information content (AvgIpc) is 3.17. The zero-order valence-corrected chi connectivity index (χ0v) is 21.1. The van der Waals surface area contributed by atoms with Gasteiger partial charge in [-0.3, -0.25) is 0 Å². The van der Waals surface area contributed by atoms with Crippen LogP contribution in [0.2, 0.25) is 0 Å². The highest BCUT2D eigenvalue weighted by atomic mass is 79.9. The van der Waals surface area contributed by atoms with Crippen molar-refractivity contribution in [1.82, 2.24) is 0 Å². The van der Waals surface area contributed by atoms with Gasteiger partial charge in [-0.1, -0.05) is 76.6 Å². The van der Waals surface area contributed by atoms with Gasteiger partial charge in [0.1, 0.15) is 17.3 Å². The lowest BCUT2D eigenvalue weighted by Crippen LogP contribution is -2.28. The van der Waals surface area contributed by atoms with Crippen molar-refractivity contribution in [2.75, 3.05) is 0 Å². The van der Waals surface area contributed by atoms with Crippen molar-refractivity contribution in [3.05, 3.63) is 153 Å². The summed E-state index contributed by atoms with van der Waals surface area (Å²) >= 11 is 3.70. The molecule has 36 heavy (non-hydrogen) atoms. The van der Waals surface area contributed by atoms with Crippen molar-refractivity contribution in [1.29, 1.82) is 0 Å². The Morgan fingerprint density at radius 1 is 0.611 bits per heavy atom. The molecule has 0 bridgehead atoms. The van der Waals surface area contributed by atoms with Gasteiger partial charge >= 0.3 is 0 Å². The first kappa shape index (κ1) is 21.6. The molecule has 5 aromatic carbocycles. The van der Waals surface area contributed by atoms with Gasteiger partial charge in [0, 0.05) is 4.47 Å². The molecule has 0 fully saturated rings. The Balaban J connectivity index is 1.40. The van der Waals surface area contributed by atoms with E-state index >= 15 is 0 Å². The highest BCUT2D eigenvalue weighted by Crippen LogP contribution is 2.56. The first-order valence-corrected chi connectivity index (χ1v) is 13.0. The van der Waals surface area contributed by atoms with Gasteiger partial charge in [-0.05, 0) is 106 Å². The molecule has 0 heterocycles. The molecule has 174 valence electrons. The minimum absolute atomic E-state index is 0.239. The Morgan fingerprint density at radius 2 is 1.28 bits per heavy atom. The molecule has 0 aromatic heterocycles. The van der Waals surface area contributed by atoms with E-state index in [0.29, 0.717) is 0 Å². The van der Waals surface area contributed by atoms with Crippen molar-refractivity contribution in [2.45, 2.75) is 18.3 Å². The van der Waals surface area contributed by atoms with Crippen LogP contribution in [0.3, 0.4) is 0 Å². The average molecular weight is 533 g/mol. The predicted octanol–water partition coefficient (Wildman–Crippen LogP) is 8.84. The fourth-order valence-corrected chi connectivity index (χ4v) is 6.25. The Bertz CT molecular complexity index is 1620. The highest BCUT2D eigenvalue weighted by molar-refractivity contribution is 9.10. The minimum atomic E-state index is -0.572. The summed E-state index contributed by atoms with van der Waals surface area (Å²) in [6.45, 7) is 0. The molecule has 0 amide bonds. The molecule has 0 spiro atoms. The molecule has 5 aromatic rings. The minimum Gasteiger partial charge on any atom is -0.457 e. The van der Waals surface area contributed by atoms with Gasteiger partial charge in [-0.2, -0.15) is 0 Å². The Kier molecular flexibility index (Phi) is 4.90. The normalized spacial score (nSPS) is 17.1. The number of hydrogen-bond acceptors (Lipinski definition) is 1. The van der Waals surface area contributed by atoms with Gasteiger partial charge in [-0.15, -0.1) is 0 Å².